The first-order chi connectivity index (χ1) is 13.3. The number of amides is 1. The molecule has 3 rings (SSSR count). The van der Waals surface area contributed by atoms with Crippen LogP contribution in [-0.4, -0.2) is 63.3 Å². The molecule has 0 spiro atoms. The van der Waals surface area contributed by atoms with Crippen LogP contribution in [0.3, 0.4) is 0 Å². The van der Waals surface area contributed by atoms with E-state index in [1.807, 2.05) is 12.1 Å². The summed E-state index contributed by atoms with van der Waals surface area (Å²) in [7, 11) is -0.544. The van der Waals surface area contributed by atoms with Gasteiger partial charge < -0.3 is 9.64 Å². The lowest BCUT2D eigenvalue weighted by molar-refractivity contribution is -0.142. The summed E-state index contributed by atoms with van der Waals surface area (Å²) < 4.78 is 32.1. The lowest BCUT2D eigenvalue weighted by Crippen LogP contribution is -2.43. The van der Waals surface area contributed by atoms with Gasteiger partial charge in [-0.25, -0.2) is 8.42 Å². The average molecular weight is 409 g/mol. The number of hydrogen-bond donors (Lipinski definition) is 0. The number of carbonyl (C=O) groups is 2. The molecule has 1 aliphatic carbocycles. The maximum Gasteiger partial charge on any atom is 0.307 e. The van der Waals surface area contributed by atoms with Crippen LogP contribution in [0.5, 0.6) is 0 Å². The fourth-order valence-electron chi connectivity index (χ4n) is 3.98. The molecule has 2 aliphatic rings. The summed E-state index contributed by atoms with van der Waals surface area (Å²) in [6.07, 6.45) is 4.18. The van der Waals surface area contributed by atoms with Crippen LogP contribution < -0.4 is 0 Å². The molecule has 0 saturated carbocycles. The van der Waals surface area contributed by atoms with Crippen LogP contribution in [0.1, 0.15) is 36.8 Å². The molecule has 0 bridgehead atoms. The number of hydrogen-bond acceptors (Lipinski definition) is 5. The van der Waals surface area contributed by atoms with Crippen molar-refractivity contribution in [2.24, 2.45) is 5.92 Å². The van der Waals surface area contributed by atoms with Crippen molar-refractivity contribution in [3.05, 3.63) is 29.3 Å². The number of rotatable bonds is 6. The fourth-order valence-corrected chi connectivity index (χ4v) is 5.50. The Morgan fingerprint density at radius 2 is 1.86 bits per heavy atom. The number of ether oxygens (including phenoxy) is 1. The van der Waals surface area contributed by atoms with Gasteiger partial charge in [-0.05, 0) is 55.4 Å². The molecule has 7 nitrogen and oxygen atoms in total. The summed E-state index contributed by atoms with van der Waals surface area (Å²) in [5.41, 5.74) is 2.39. The molecule has 0 N–H and O–H groups in total. The third kappa shape index (κ3) is 4.38. The van der Waals surface area contributed by atoms with E-state index < -0.39 is 10.0 Å². The number of piperidine rings is 1. The Hall–Kier alpha value is -1.93. The van der Waals surface area contributed by atoms with Crippen LogP contribution in [0.4, 0.5) is 0 Å². The van der Waals surface area contributed by atoms with Gasteiger partial charge in [0.05, 0.1) is 18.4 Å². The molecule has 1 amide bonds. The lowest BCUT2D eigenvalue weighted by Gasteiger charge is -2.32. The van der Waals surface area contributed by atoms with Crippen molar-refractivity contribution in [1.29, 1.82) is 0 Å². The van der Waals surface area contributed by atoms with Gasteiger partial charge in [0.2, 0.25) is 15.9 Å². The standard InChI is InChI=1S/C20H28N2O5S/c1-21(11-10-19(23)27-2)20(24)16-8-12-22(13-9-16)28(25,26)18-7-6-15-4-3-5-17(15)14-18/h6-7,14,16H,3-5,8-13H2,1-2H3. The molecule has 1 saturated heterocycles. The largest absolute Gasteiger partial charge is 0.469 e. The normalized spacial score (nSPS) is 17.9. The van der Waals surface area contributed by atoms with Gasteiger partial charge in [0.15, 0.2) is 0 Å². The first-order valence-corrected chi connectivity index (χ1v) is 11.2. The summed E-state index contributed by atoms with van der Waals surface area (Å²) in [5, 5.41) is 0. The quantitative estimate of drug-likeness (QED) is 0.668. The number of benzene rings is 1. The van der Waals surface area contributed by atoms with Crippen LogP contribution >= 0.6 is 0 Å². The predicted octanol–water partition coefficient (Wildman–Crippen LogP) is 1.60. The molecule has 8 heteroatoms. The number of aryl methyl sites for hydroxylation is 2. The van der Waals surface area contributed by atoms with E-state index in [0.29, 0.717) is 37.4 Å². The van der Waals surface area contributed by atoms with Crippen molar-refractivity contribution in [2.75, 3.05) is 33.8 Å². The lowest BCUT2D eigenvalue weighted by atomic mass is 9.96. The molecule has 1 aromatic carbocycles. The zero-order chi connectivity index (χ0) is 20.3. The zero-order valence-corrected chi connectivity index (χ0v) is 17.3. The Kier molecular flexibility index (Phi) is 6.40. The summed E-state index contributed by atoms with van der Waals surface area (Å²) in [4.78, 5) is 25.7. The molecule has 1 heterocycles. The first kappa shape index (κ1) is 20.8. The topological polar surface area (TPSA) is 84.0 Å². The van der Waals surface area contributed by atoms with Crippen LogP contribution in [-0.2, 0) is 37.2 Å². The Balaban J connectivity index is 1.58. The van der Waals surface area contributed by atoms with E-state index in [2.05, 4.69) is 4.74 Å². The van der Waals surface area contributed by atoms with Crippen molar-refractivity contribution in [2.45, 2.75) is 43.4 Å². The molecular formula is C20H28N2O5S. The second kappa shape index (κ2) is 8.61. The Morgan fingerprint density at radius 3 is 2.54 bits per heavy atom. The highest BCUT2D eigenvalue weighted by Crippen LogP contribution is 2.29. The summed E-state index contributed by atoms with van der Waals surface area (Å²) >= 11 is 0. The van der Waals surface area contributed by atoms with Crippen LogP contribution in [0.15, 0.2) is 23.1 Å². The number of esters is 1. The number of sulfonamides is 1. The smallest absolute Gasteiger partial charge is 0.307 e. The van der Waals surface area contributed by atoms with Gasteiger partial charge in [0, 0.05) is 32.6 Å². The van der Waals surface area contributed by atoms with E-state index in [1.54, 1.807) is 13.1 Å². The maximum atomic E-state index is 13.0. The number of fused-ring (bicyclic) bond motifs is 1. The molecule has 1 aromatic rings. The molecule has 0 radical (unpaired) electrons. The van der Waals surface area contributed by atoms with E-state index >= 15 is 0 Å². The second-order valence-electron chi connectivity index (χ2n) is 7.55. The van der Waals surface area contributed by atoms with E-state index in [1.165, 1.54) is 21.9 Å². The van der Waals surface area contributed by atoms with Crippen molar-refractivity contribution >= 4 is 21.9 Å². The third-order valence-corrected chi connectivity index (χ3v) is 7.66. The summed E-state index contributed by atoms with van der Waals surface area (Å²) in [5.74, 6) is -0.609. The number of nitrogens with zero attached hydrogens (tertiary/aromatic N) is 2. The van der Waals surface area contributed by atoms with Crippen LogP contribution in [0.25, 0.3) is 0 Å². The SMILES string of the molecule is COC(=O)CCN(C)C(=O)C1CCN(S(=O)(=O)c2ccc3c(c2)CCC3)CC1. The molecule has 0 aromatic heterocycles. The summed E-state index contributed by atoms with van der Waals surface area (Å²) in [6, 6.07) is 5.45. The molecule has 28 heavy (non-hydrogen) atoms. The highest BCUT2D eigenvalue weighted by atomic mass is 32.2. The Labute approximate surface area is 166 Å². The predicted molar refractivity (Wildman–Crippen MR) is 104 cm³/mol. The first-order valence-electron chi connectivity index (χ1n) is 9.76. The van der Waals surface area contributed by atoms with Gasteiger partial charge >= 0.3 is 5.97 Å². The minimum absolute atomic E-state index is 0.0431. The van der Waals surface area contributed by atoms with Gasteiger partial charge in [-0.15, -0.1) is 0 Å². The molecule has 1 fully saturated rings. The Morgan fingerprint density at radius 1 is 1.18 bits per heavy atom. The van der Waals surface area contributed by atoms with Crippen LogP contribution in [0, 0.1) is 5.92 Å². The van der Waals surface area contributed by atoms with Gasteiger partial charge in [-0.3, -0.25) is 9.59 Å². The Bertz CT molecular complexity index is 844. The zero-order valence-electron chi connectivity index (χ0n) is 16.5. The molecule has 0 atom stereocenters. The van der Waals surface area contributed by atoms with Gasteiger partial charge in [-0.2, -0.15) is 4.31 Å². The summed E-state index contributed by atoms with van der Waals surface area (Å²) in [6.45, 7) is 0.973. The van der Waals surface area contributed by atoms with Crippen molar-refractivity contribution < 1.29 is 22.7 Å². The van der Waals surface area contributed by atoms with E-state index in [4.69, 9.17) is 0 Å². The third-order valence-electron chi connectivity index (χ3n) is 5.77. The monoisotopic (exact) mass is 408 g/mol. The molecule has 154 valence electrons. The fraction of sp³-hybridized carbons (Fsp3) is 0.600. The van der Waals surface area contributed by atoms with Crippen molar-refractivity contribution in [3.8, 4) is 0 Å². The maximum absolute atomic E-state index is 13.0. The minimum atomic E-state index is -3.53. The minimum Gasteiger partial charge on any atom is -0.469 e. The highest BCUT2D eigenvalue weighted by Gasteiger charge is 2.33. The number of carbonyl (C=O) groups excluding carboxylic acids is 2. The number of methoxy groups -OCH3 is 1. The molecule has 0 unspecified atom stereocenters. The molecular weight excluding hydrogens is 380 g/mol. The van der Waals surface area contributed by atoms with E-state index in [-0.39, 0.29) is 24.2 Å². The van der Waals surface area contributed by atoms with Crippen molar-refractivity contribution in [1.82, 2.24) is 9.21 Å². The van der Waals surface area contributed by atoms with Gasteiger partial charge in [0.25, 0.3) is 0 Å². The van der Waals surface area contributed by atoms with Gasteiger partial charge in [-0.1, -0.05) is 6.07 Å². The van der Waals surface area contributed by atoms with Crippen molar-refractivity contribution in [3.63, 3.8) is 0 Å². The van der Waals surface area contributed by atoms with Gasteiger partial charge in [0.1, 0.15) is 0 Å². The molecule has 1 aliphatic heterocycles. The van der Waals surface area contributed by atoms with E-state index in [9.17, 15) is 18.0 Å². The highest BCUT2D eigenvalue weighted by molar-refractivity contribution is 7.89. The van der Waals surface area contributed by atoms with E-state index in [0.717, 1.165) is 24.8 Å². The van der Waals surface area contributed by atoms with Crippen LogP contribution in [0.2, 0.25) is 0 Å². The average Bonchev–Trinajstić information content (AvgIpc) is 3.19. The second-order valence-corrected chi connectivity index (χ2v) is 9.49.